The molecule has 0 aliphatic carbocycles. The van der Waals surface area contributed by atoms with E-state index in [9.17, 15) is 22.8 Å². The number of nitrogens with one attached hydrogen (secondary N) is 1. The lowest BCUT2D eigenvalue weighted by Gasteiger charge is -2.40. The number of hydrogen-bond donors (Lipinski definition) is 2. The highest BCUT2D eigenvalue weighted by atomic mass is 19.4. The van der Waals surface area contributed by atoms with Crippen molar-refractivity contribution in [1.29, 1.82) is 5.26 Å². The number of urea groups is 1. The molecule has 0 bridgehead atoms. The summed E-state index contributed by atoms with van der Waals surface area (Å²) in [4.78, 5) is 28.7. The first kappa shape index (κ1) is 25.4. The van der Waals surface area contributed by atoms with Crippen LogP contribution in [0.25, 0.3) is 0 Å². The van der Waals surface area contributed by atoms with Crippen LogP contribution in [0.2, 0.25) is 0 Å². The molecule has 2 heterocycles. The van der Waals surface area contributed by atoms with Crippen LogP contribution < -0.4 is 16.0 Å². The fourth-order valence-electron chi connectivity index (χ4n) is 5.26. The van der Waals surface area contributed by atoms with Crippen LogP contribution in [0.15, 0.2) is 36.4 Å². The van der Waals surface area contributed by atoms with Crippen LogP contribution in [-0.2, 0) is 11.0 Å². The highest BCUT2D eigenvalue weighted by Crippen LogP contribution is 2.45. The van der Waals surface area contributed by atoms with E-state index < -0.39 is 35.3 Å². The van der Waals surface area contributed by atoms with Crippen molar-refractivity contribution in [2.75, 3.05) is 29.9 Å². The lowest BCUT2D eigenvalue weighted by atomic mass is 9.76. The van der Waals surface area contributed by atoms with Gasteiger partial charge in [-0.05, 0) is 73.9 Å². The Bertz CT molecular complexity index is 1230. The van der Waals surface area contributed by atoms with Crippen molar-refractivity contribution < 1.29 is 22.8 Å². The normalized spacial score (nSPS) is 19.3. The second-order valence-electron chi connectivity index (χ2n) is 9.75. The second-order valence-corrected chi connectivity index (χ2v) is 9.75. The number of hydrogen-bond acceptors (Lipinski definition) is 4. The Morgan fingerprint density at radius 3 is 2.47 bits per heavy atom. The molecule has 0 saturated carbocycles. The highest BCUT2D eigenvalue weighted by Gasteiger charge is 2.49. The molecule has 4 rings (SSSR count). The smallest absolute Gasteiger partial charge is 0.371 e. The van der Waals surface area contributed by atoms with Crippen LogP contribution in [0.4, 0.5) is 29.3 Å². The average molecular weight is 500 g/mol. The number of likely N-dealkylation sites (tertiary alicyclic amines) is 1. The summed E-state index contributed by atoms with van der Waals surface area (Å²) in [6.45, 7) is 5.11. The van der Waals surface area contributed by atoms with E-state index in [1.54, 1.807) is 12.1 Å². The van der Waals surface area contributed by atoms with Crippen molar-refractivity contribution in [2.45, 2.75) is 45.3 Å². The molecule has 0 aromatic heterocycles. The van der Waals surface area contributed by atoms with Crippen LogP contribution in [0.1, 0.15) is 41.5 Å². The first-order chi connectivity index (χ1) is 16.9. The van der Waals surface area contributed by atoms with Crippen LogP contribution >= 0.6 is 0 Å². The Morgan fingerprint density at radius 2 is 1.86 bits per heavy atom. The number of anilines is 2. The van der Waals surface area contributed by atoms with Crippen LogP contribution in [-0.4, -0.2) is 42.5 Å². The number of benzene rings is 2. The average Bonchev–Trinajstić information content (AvgIpc) is 3.21. The number of nitrogens with zero attached hydrogens (tertiary/aromatic N) is 3. The fourth-order valence-corrected chi connectivity index (χ4v) is 5.26. The largest absolute Gasteiger partial charge is 0.417 e. The zero-order valence-corrected chi connectivity index (χ0v) is 20.2. The minimum absolute atomic E-state index is 0.340. The number of piperidine rings is 1. The van der Waals surface area contributed by atoms with E-state index in [1.807, 2.05) is 30.9 Å². The molecular weight excluding hydrogens is 471 g/mol. The number of amides is 3. The Labute approximate surface area is 207 Å². The molecule has 1 unspecified atom stereocenters. The van der Waals surface area contributed by atoms with Gasteiger partial charge >= 0.3 is 12.2 Å². The summed E-state index contributed by atoms with van der Waals surface area (Å²) in [7, 11) is 0. The summed E-state index contributed by atoms with van der Waals surface area (Å²) in [5, 5.41) is 11.9. The van der Waals surface area contributed by atoms with Gasteiger partial charge in [-0.25, -0.2) is 4.79 Å². The van der Waals surface area contributed by atoms with Gasteiger partial charge in [-0.15, -0.1) is 0 Å². The van der Waals surface area contributed by atoms with Crippen molar-refractivity contribution in [1.82, 2.24) is 4.90 Å². The minimum Gasteiger partial charge on any atom is -0.371 e. The molecule has 36 heavy (non-hydrogen) atoms. The summed E-state index contributed by atoms with van der Waals surface area (Å²) >= 11 is 0. The lowest BCUT2D eigenvalue weighted by molar-refractivity contribution is -0.137. The standard InChI is InChI=1S/C26H28F3N5O2/c1-16-4-3-5-21(17(16)2)32-24(36)34-15-25(13-22(34)23(31)35)8-10-33(11-9-25)19-7-6-18(14-30)20(12-19)26(27,28)29/h3-7,12,22H,8-11,13,15H2,1-2H3,(H2,31,35)(H,32,36). The Hall–Kier alpha value is -3.74. The van der Waals surface area contributed by atoms with Crippen molar-refractivity contribution >= 4 is 23.3 Å². The summed E-state index contributed by atoms with van der Waals surface area (Å²) < 4.78 is 40.2. The molecule has 1 atom stereocenters. The zero-order chi connectivity index (χ0) is 26.3. The molecule has 0 radical (unpaired) electrons. The predicted octanol–water partition coefficient (Wildman–Crippen LogP) is 4.57. The van der Waals surface area contributed by atoms with Crippen LogP contribution in [0.5, 0.6) is 0 Å². The molecule has 3 amide bonds. The summed E-state index contributed by atoms with van der Waals surface area (Å²) in [5.74, 6) is -0.577. The van der Waals surface area contributed by atoms with Gasteiger partial charge < -0.3 is 20.9 Å². The molecular formula is C26H28F3N5O2. The number of rotatable bonds is 3. The van der Waals surface area contributed by atoms with Gasteiger partial charge in [0.2, 0.25) is 5.91 Å². The van der Waals surface area contributed by atoms with E-state index in [-0.39, 0.29) is 5.41 Å². The molecule has 7 nitrogen and oxygen atoms in total. The molecule has 10 heteroatoms. The zero-order valence-electron chi connectivity index (χ0n) is 20.2. The van der Waals surface area contributed by atoms with Crippen molar-refractivity contribution in [3.8, 4) is 6.07 Å². The van der Waals surface area contributed by atoms with Gasteiger partial charge in [0.05, 0.1) is 17.2 Å². The maximum atomic E-state index is 13.4. The summed E-state index contributed by atoms with van der Waals surface area (Å²) in [6, 6.07) is 9.78. The predicted molar refractivity (Wildman–Crippen MR) is 129 cm³/mol. The van der Waals surface area contributed by atoms with Crippen LogP contribution in [0, 0.1) is 30.6 Å². The lowest BCUT2D eigenvalue weighted by Crippen LogP contribution is -2.46. The fraction of sp³-hybridized carbons (Fsp3) is 0.423. The third-order valence-corrected chi connectivity index (χ3v) is 7.56. The van der Waals surface area contributed by atoms with Gasteiger partial charge in [-0.3, -0.25) is 4.79 Å². The van der Waals surface area contributed by atoms with Gasteiger partial charge in [-0.1, -0.05) is 12.1 Å². The molecule has 1 spiro atoms. The first-order valence-corrected chi connectivity index (χ1v) is 11.7. The van der Waals surface area contributed by atoms with E-state index >= 15 is 0 Å². The molecule has 2 fully saturated rings. The number of nitrogens with two attached hydrogens (primary N) is 1. The number of halogens is 3. The first-order valence-electron chi connectivity index (χ1n) is 11.7. The van der Waals surface area contributed by atoms with E-state index in [0.717, 1.165) is 17.2 Å². The third-order valence-electron chi connectivity index (χ3n) is 7.56. The van der Waals surface area contributed by atoms with Gasteiger partial charge in [0.15, 0.2) is 0 Å². The topological polar surface area (TPSA) is 102 Å². The van der Waals surface area contributed by atoms with Gasteiger partial charge in [0, 0.05) is 31.0 Å². The second kappa shape index (κ2) is 9.37. The van der Waals surface area contributed by atoms with Crippen molar-refractivity contribution in [2.24, 2.45) is 11.1 Å². The monoisotopic (exact) mass is 499 g/mol. The van der Waals surface area contributed by atoms with E-state index in [2.05, 4.69) is 5.32 Å². The molecule has 3 N–H and O–H groups in total. The number of nitriles is 1. The summed E-state index contributed by atoms with van der Waals surface area (Å²) in [6.07, 6.45) is -3.03. The van der Waals surface area contributed by atoms with Gasteiger partial charge in [0.25, 0.3) is 0 Å². The molecule has 2 saturated heterocycles. The maximum absolute atomic E-state index is 13.4. The Balaban J connectivity index is 1.49. The minimum atomic E-state index is -4.62. The maximum Gasteiger partial charge on any atom is 0.417 e. The molecule has 190 valence electrons. The Morgan fingerprint density at radius 1 is 1.17 bits per heavy atom. The van der Waals surface area contributed by atoms with E-state index in [0.29, 0.717) is 50.3 Å². The van der Waals surface area contributed by atoms with Gasteiger partial charge in [-0.2, -0.15) is 18.4 Å². The summed E-state index contributed by atoms with van der Waals surface area (Å²) in [5.41, 5.74) is 6.97. The van der Waals surface area contributed by atoms with Crippen molar-refractivity contribution in [3.63, 3.8) is 0 Å². The number of alkyl halides is 3. The highest BCUT2D eigenvalue weighted by molar-refractivity contribution is 5.94. The van der Waals surface area contributed by atoms with Gasteiger partial charge in [0.1, 0.15) is 6.04 Å². The quantitative estimate of drug-likeness (QED) is 0.646. The Kier molecular flexibility index (Phi) is 6.60. The number of primary amides is 1. The van der Waals surface area contributed by atoms with Crippen molar-refractivity contribution in [3.05, 3.63) is 58.7 Å². The van der Waals surface area contributed by atoms with Crippen LogP contribution in [0.3, 0.4) is 0 Å². The number of carbonyl (C=O) groups excluding carboxylic acids is 2. The molecule has 2 aromatic rings. The SMILES string of the molecule is Cc1cccc(NC(=O)N2CC3(CCN(c4ccc(C#N)c(C(F)(F)F)c4)CC3)CC2C(N)=O)c1C. The third kappa shape index (κ3) is 4.83. The molecule has 2 aromatic carbocycles. The van der Waals surface area contributed by atoms with E-state index in [4.69, 9.17) is 11.0 Å². The van der Waals surface area contributed by atoms with E-state index in [1.165, 1.54) is 17.0 Å². The molecule has 2 aliphatic heterocycles. The number of aryl methyl sites for hydroxylation is 1. The number of carbonyl (C=O) groups is 2. The molecule has 2 aliphatic rings.